The molecule has 122 valence electrons. The van der Waals surface area contributed by atoms with Gasteiger partial charge in [-0.1, -0.05) is 27.7 Å². The average Bonchev–Trinajstić information content (AvgIpc) is 2.48. The van der Waals surface area contributed by atoms with Crippen molar-refractivity contribution in [2.45, 2.75) is 65.2 Å². The van der Waals surface area contributed by atoms with E-state index in [1.165, 1.54) is 0 Å². The van der Waals surface area contributed by atoms with Gasteiger partial charge in [-0.2, -0.15) is 0 Å². The van der Waals surface area contributed by atoms with E-state index >= 15 is 0 Å². The molecular formula is C18H29N3O. The van der Waals surface area contributed by atoms with Crippen LogP contribution in [0.3, 0.4) is 0 Å². The number of amides is 1. The molecule has 22 heavy (non-hydrogen) atoms. The van der Waals surface area contributed by atoms with Crippen molar-refractivity contribution in [2.75, 3.05) is 13.1 Å². The van der Waals surface area contributed by atoms with Crippen LogP contribution < -0.4 is 0 Å². The van der Waals surface area contributed by atoms with Crippen molar-refractivity contribution < 1.29 is 4.79 Å². The van der Waals surface area contributed by atoms with Gasteiger partial charge < -0.3 is 4.90 Å². The summed E-state index contributed by atoms with van der Waals surface area (Å²) in [5.74, 6) is 0.950. The van der Waals surface area contributed by atoms with Crippen LogP contribution in [0.5, 0.6) is 0 Å². The van der Waals surface area contributed by atoms with Gasteiger partial charge in [0.25, 0.3) is 0 Å². The SMILES string of the molecule is CCCC(=O)N1CCC(Cc2cc(C(C)(C)C)ncn2)CC1. The summed E-state index contributed by atoms with van der Waals surface area (Å²) in [6, 6.07) is 2.15. The maximum atomic E-state index is 11.9. The highest BCUT2D eigenvalue weighted by Gasteiger charge is 2.23. The molecule has 1 aromatic heterocycles. The molecule has 1 aromatic rings. The Bertz CT molecular complexity index is 499. The molecule has 2 heterocycles. The van der Waals surface area contributed by atoms with Crippen molar-refractivity contribution in [3.8, 4) is 0 Å². The van der Waals surface area contributed by atoms with Crippen molar-refractivity contribution >= 4 is 5.91 Å². The summed E-state index contributed by atoms with van der Waals surface area (Å²) in [5.41, 5.74) is 2.31. The first-order valence-corrected chi connectivity index (χ1v) is 8.49. The van der Waals surface area contributed by atoms with E-state index in [2.05, 4.69) is 43.7 Å². The fourth-order valence-electron chi connectivity index (χ4n) is 2.97. The number of rotatable bonds is 4. The molecule has 1 aliphatic rings. The van der Waals surface area contributed by atoms with Gasteiger partial charge in [0.05, 0.1) is 0 Å². The molecule has 1 fully saturated rings. The standard InChI is InChI=1S/C18H29N3O/c1-5-6-17(22)21-9-7-14(8-10-21)11-15-12-16(18(2,3)4)20-13-19-15/h12-14H,5-11H2,1-4H3. The maximum absolute atomic E-state index is 11.9. The van der Waals surface area contributed by atoms with E-state index in [9.17, 15) is 4.79 Å². The van der Waals surface area contributed by atoms with Gasteiger partial charge in [0.15, 0.2) is 0 Å². The molecule has 2 rings (SSSR count). The Morgan fingerprint density at radius 1 is 1.27 bits per heavy atom. The van der Waals surface area contributed by atoms with E-state index in [4.69, 9.17) is 0 Å². The lowest BCUT2D eigenvalue weighted by molar-refractivity contribution is -0.132. The van der Waals surface area contributed by atoms with Crippen LogP contribution in [-0.2, 0) is 16.6 Å². The molecule has 0 unspecified atom stereocenters. The van der Waals surface area contributed by atoms with Gasteiger partial charge in [-0.25, -0.2) is 9.97 Å². The number of piperidine rings is 1. The number of carbonyl (C=O) groups is 1. The second-order valence-electron chi connectivity index (χ2n) is 7.42. The number of carbonyl (C=O) groups excluding carboxylic acids is 1. The summed E-state index contributed by atoms with van der Waals surface area (Å²) in [7, 11) is 0. The zero-order chi connectivity index (χ0) is 16.2. The van der Waals surface area contributed by atoms with Crippen LogP contribution in [0.4, 0.5) is 0 Å². The van der Waals surface area contributed by atoms with Crippen molar-refractivity contribution in [1.29, 1.82) is 0 Å². The minimum Gasteiger partial charge on any atom is -0.343 e. The van der Waals surface area contributed by atoms with Crippen LogP contribution in [0, 0.1) is 5.92 Å². The summed E-state index contributed by atoms with van der Waals surface area (Å²) >= 11 is 0. The van der Waals surface area contributed by atoms with Crippen molar-refractivity contribution in [1.82, 2.24) is 14.9 Å². The van der Waals surface area contributed by atoms with Gasteiger partial charge in [-0.3, -0.25) is 4.79 Å². The fourth-order valence-corrected chi connectivity index (χ4v) is 2.97. The highest BCUT2D eigenvalue weighted by Crippen LogP contribution is 2.24. The lowest BCUT2D eigenvalue weighted by atomic mass is 9.88. The summed E-state index contributed by atoms with van der Waals surface area (Å²) in [5, 5.41) is 0. The number of aromatic nitrogens is 2. The van der Waals surface area contributed by atoms with Gasteiger partial charge in [0.1, 0.15) is 6.33 Å². The van der Waals surface area contributed by atoms with E-state index in [0.717, 1.165) is 50.2 Å². The predicted molar refractivity (Wildman–Crippen MR) is 88.6 cm³/mol. The normalized spacial score (nSPS) is 16.8. The number of hydrogen-bond donors (Lipinski definition) is 0. The van der Waals surface area contributed by atoms with Crippen LogP contribution in [0.2, 0.25) is 0 Å². The Hall–Kier alpha value is -1.45. The van der Waals surface area contributed by atoms with E-state index < -0.39 is 0 Å². The average molecular weight is 303 g/mol. The zero-order valence-corrected chi connectivity index (χ0v) is 14.4. The third-order valence-electron chi connectivity index (χ3n) is 4.42. The summed E-state index contributed by atoms with van der Waals surface area (Å²) < 4.78 is 0. The molecule has 4 heteroatoms. The van der Waals surface area contributed by atoms with Gasteiger partial charge in [0, 0.05) is 36.3 Å². The molecule has 0 atom stereocenters. The van der Waals surface area contributed by atoms with E-state index in [1.807, 2.05) is 4.90 Å². The largest absolute Gasteiger partial charge is 0.343 e. The molecule has 0 aromatic carbocycles. The summed E-state index contributed by atoms with van der Waals surface area (Å²) in [4.78, 5) is 22.8. The highest BCUT2D eigenvalue weighted by molar-refractivity contribution is 5.76. The Labute approximate surface area is 134 Å². The minimum absolute atomic E-state index is 0.0631. The third kappa shape index (κ3) is 4.52. The molecular weight excluding hydrogens is 274 g/mol. The molecule has 1 amide bonds. The summed E-state index contributed by atoms with van der Waals surface area (Å²) in [6.07, 6.45) is 6.49. The quantitative estimate of drug-likeness (QED) is 0.857. The second kappa shape index (κ2) is 7.21. The van der Waals surface area contributed by atoms with Crippen molar-refractivity contribution in [3.63, 3.8) is 0 Å². The summed E-state index contributed by atoms with van der Waals surface area (Å²) in [6.45, 7) is 10.4. The monoisotopic (exact) mass is 303 g/mol. The van der Waals surface area contributed by atoms with Crippen LogP contribution >= 0.6 is 0 Å². The Morgan fingerprint density at radius 3 is 2.55 bits per heavy atom. The Balaban J connectivity index is 1.90. The van der Waals surface area contributed by atoms with Gasteiger partial charge in [-0.05, 0) is 37.7 Å². The second-order valence-corrected chi connectivity index (χ2v) is 7.42. The predicted octanol–water partition coefficient (Wildman–Crippen LogP) is 3.36. The van der Waals surface area contributed by atoms with Crippen molar-refractivity contribution in [2.24, 2.45) is 5.92 Å². The van der Waals surface area contributed by atoms with Gasteiger partial charge >= 0.3 is 0 Å². The maximum Gasteiger partial charge on any atom is 0.222 e. The zero-order valence-electron chi connectivity index (χ0n) is 14.4. The molecule has 1 aliphatic heterocycles. The lowest BCUT2D eigenvalue weighted by Crippen LogP contribution is -2.38. The van der Waals surface area contributed by atoms with Crippen molar-refractivity contribution in [3.05, 3.63) is 23.8 Å². The highest BCUT2D eigenvalue weighted by atomic mass is 16.2. The van der Waals surface area contributed by atoms with Crippen LogP contribution in [0.1, 0.15) is 64.8 Å². The molecule has 0 bridgehead atoms. The van der Waals surface area contributed by atoms with Crippen LogP contribution in [0.25, 0.3) is 0 Å². The number of hydrogen-bond acceptors (Lipinski definition) is 3. The molecule has 0 spiro atoms. The Kier molecular flexibility index (Phi) is 5.54. The molecule has 1 saturated heterocycles. The first kappa shape index (κ1) is 16.9. The first-order chi connectivity index (χ1) is 10.4. The molecule has 0 N–H and O–H groups in total. The molecule has 0 radical (unpaired) electrons. The van der Waals surface area contributed by atoms with Crippen LogP contribution in [-0.4, -0.2) is 33.9 Å². The van der Waals surface area contributed by atoms with E-state index in [-0.39, 0.29) is 5.41 Å². The van der Waals surface area contributed by atoms with E-state index in [1.54, 1.807) is 6.33 Å². The van der Waals surface area contributed by atoms with Crippen LogP contribution in [0.15, 0.2) is 12.4 Å². The fraction of sp³-hybridized carbons (Fsp3) is 0.722. The lowest BCUT2D eigenvalue weighted by Gasteiger charge is -2.32. The third-order valence-corrected chi connectivity index (χ3v) is 4.42. The smallest absolute Gasteiger partial charge is 0.222 e. The van der Waals surface area contributed by atoms with Gasteiger partial charge in [-0.15, -0.1) is 0 Å². The molecule has 0 aliphatic carbocycles. The number of likely N-dealkylation sites (tertiary alicyclic amines) is 1. The minimum atomic E-state index is 0.0631. The topological polar surface area (TPSA) is 46.1 Å². The first-order valence-electron chi connectivity index (χ1n) is 8.49. The van der Waals surface area contributed by atoms with E-state index in [0.29, 0.717) is 18.2 Å². The molecule has 0 saturated carbocycles. The number of nitrogens with zero attached hydrogens (tertiary/aromatic N) is 3. The Morgan fingerprint density at radius 2 is 1.95 bits per heavy atom. The van der Waals surface area contributed by atoms with Gasteiger partial charge in [0.2, 0.25) is 5.91 Å². The molecule has 4 nitrogen and oxygen atoms in total.